The predicted octanol–water partition coefficient (Wildman–Crippen LogP) is 3.03. The largest absolute Gasteiger partial charge is 0.351 e. The van der Waals surface area contributed by atoms with E-state index >= 15 is 0 Å². The van der Waals surface area contributed by atoms with Gasteiger partial charge >= 0.3 is 0 Å². The summed E-state index contributed by atoms with van der Waals surface area (Å²) in [7, 11) is -3.49. The van der Waals surface area contributed by atoms with Crippen LogP contribution in [0.15, 0.2) is 39.8 Å². The number of sulfonamides is 1. The Bertz CT molecular complexity index is 938. The standard InChI is InChI=1S/C16H15BrClN5O2S/c17-12-1-3-14(4-2-12)26(24,25)23-7-5-13(6-8-23)21-16-20-10-11(9-19)15(18)22-16/h1-4,10,13H,5-8H2,(H,20,21,22). The minimum Gasteiger partial charge on any atom is -0.351 e. The van der Waals surface area contributed by atoms with Crippen molar-refractivity contribution >= 4 is 43.5 Å². The van der Waals surface area contributed by atoms with Crippen molar-refractivity contribution in [2.24, 2.45) is 0 Å². The zero-order valence-electron chi connectivity index (χ0n) is 13.6. The number of benzene rings is 1. The maximum atomic E-state index is 12.7. The Kier molecular flexibility index (Phi) is 5.77. The number of nitriles is 1. The van der Waals surface area contributed by atoms with Gasteiger partial charge in [0.1, 0.15) is 11.6 Å². The first-order valence-electron chi connectivity index (χ1n) is 7.85. The normalized spacial score (nSPS) is 16.2. The fourth-order valence-electron chi connectivity index (χ4n) is 2.68. The van der Waals surface area contributed by atoms with E-state index in [4.69, 9.17) is 16.9 Å². The minimum absolute atomic E-state index is 0.0374. The van der Waals surface area contributed by atoms with Crippen LogP contribution in [0.4, 0.5) is 5.95 Å². The Labute approximate surface area is 165 Å². The van der Waals surface area contributed by atoms with Gasteiger partial charge in [-0.25, -0.2) is 13.4 Å². The van der Waals surface area contributed by atoms with E-state index < -0.39 is 10.0 Å². The highest BCUT2D eigenvalue weighted by atomic mass is 79.9. The smallest absolute Gasteiger partial charge is 0.243 e. The fourth-order valence-corrected chi connectivity index (χ4v) is 4.59. The molecular weight excluding hydrogens is 442 g/mol. The summed E-state index contributed by atoms with van der Waals surface area (Å²) in [6.45, 7) is 0.806. The molecule has 1 saturated heterocycles. The van der Waals surface area contributed by atoms with Gasteiger partial charge in [0.15, 0.2) is 5.15 Å². The van der Waals surface area contributed by atoms with Gasteiger partial charge in [0, 0.05) is 23.6 Å². The second kappa shape index (κ2) is 7.88. The van der Waals surface area contributed by atoms with E-state index in [0.29, 0.717) is 31.9 Å². The van der Waals surface area contributed by atoms with Crippen LogP contribution < -0.4 is 5.32 Å². The average molecular weight is 457 g/mol. The van der Waals surface area contributed by atoms with Crippen molar-refractivity contribution in [3.8, 4) is 6.07 Å². The summed E-state index contributed by atoms with van der Waals surface area (Å²) in [5.74, 6) is 0.336. The van der Waals surface area contributed by atoms with Crippen molar-refractivity contribution in [2.75, 3.05) is 18.4 Å². The first-order chi connectivity index (χ1) is 12.4. The number of aromatic nitrogens is 2. The quantitative estimate of drug-likeness (QED) is 0.710. The lowest BCUT2D eigenvalue weighted by atomic mass is 10.1. The van der Waals surface area contributed by atoms with Gasteiger partial charge < -0.3 is 5.32 Å². The van der Waals surface area contributed by atoms with E-state index in [9.17, 15) is 8.42 Å². The Morgan fingerprint density at radius 3 is 2.50 bits per heavy atom. The van der Waals surface area contributed by atoms with Gasteiger partial charge in [0.05, 0.1) is 11.1 Å². The van der Waals surface area contributed by atoms with Gasteiger partial charge in [-0.05, 0) is 37.1 Å². The molecule has 0 atom stereocenters. The third-order valence-electron chi connectivity index (χ3n) is 4.10. The summed E-state index contributed by atoms with van der Waals surface area (Å²) in [5, 5.41) is 12.1. The third-order valence-corrected chi connectivity index (χ3v) is 6.83. The zero-order valence-corrected chi connectivity index (χ0v) is 16.7. The summed E-state index contributed by atoms with van der Waals surface area (Å²) >= 11 is 9.21. The molecule has 1 fully saturated rings. The van der Waals surface area contributed by atoms with Crippen LogP contribution in [-0.4, -0.2) is 41.8 Å². The van der Waals surface area contributed by atoms with Crippen LogP contribution in [0.3, 0.4) is 0 Å². The number of piperidine rings is 1. The van der Waals surface area contributed by atoms with Crippen LogP contribution in [0, 0.1) is 11.3 Å². The molecule has 7 nitrogen and oxygen atoms in total. The average Bonchev–Trinajstić information content (AvgIpc) is 2.63. The summed E-state index contributed by atoms with van der Waals surface area (Å²) < 4.78 is 27.7. The van der Waals surface area contributed by atoms with Crippen molar-refractivity contribution < 1.29 is 8.42 Å². The fraction of sp³-hybridized carbons (Fsp3) is 0.312. The Morgan fingerprint density at radius 2 is 1.92 bits per heavy atom. The van der Waals surface area contributed by atoms with Gasteiger partial charge in [-0.1, -0.05) is 27.5 Å². The van der Waals surface area contributed by atoms with Crippen LogP contribution >= 0.6 is 27.5 Å². The highest BCUT2D eigenvalue weighted by molar-refractivity contribution is 9.10. The summed E-state index contributed by atoms with van der Waals surface area (Å²) in [6.07, 6.45) is 2.61. The molecule has 0 aliphatic carbocycles. The molecule has 2 aromatic rings. The highest BCUT2D eigenvalue weighted by Gasteiger charge is 2.29. The lowest BCUT2D eigenvalue weighted by Gasteiger charge is -2.31. The van der Waals surface area contributed by atoms with Crippen molar-refractivity contribution in [3.05, 3.63) is 45.7 Å². The Balaban J connectivity index is 1.63. The molecule has 10 heteroatoms. The van der Waals surface area contributed by atoms with Gasteiger partial charge in [-0.2, -0.15) is 14.6 Å². The summed E-state index contributed by atoms with van der Waals surface area (Å²) in [6, 6.07) is 8.56. The van der Waals surface area contributed by atoms with Gasteiger partial charge in [-0.3, -0.25) is 0 Å². The second-order valence-electron chi connectivity index (χ2n) is 5.79. The maximum Gasteiger partial charge on any atom is 0.243 e. The highest BCUT2D eigenvalue weighted by Crippen LogP contribution is 2.23. The zero-order chi connectivity index (χ0) is 18.7. The van der Waals surface area contributed by atoms with Crippen LogP contribution in [0.25, 0.3) is 0 Å². The number of rotatable bonds is 4. The van der Waals surface area contributed by atoms with E-state index in [1.807, 2.05) is 6.07 Å². The molecule has 1 N–H and O–H groups in total. The molecule has 2 heterocycles. The number of nitrogens with one attached hydrogen (secondary N) is 1. The van der Waals surface area contributed by atoms with Gasteiger partial charge in [0.25, 0.3) is 0 Å². The van der Waals surface area contributed by atoms with E-state index in [-0.39, 0.29) is 21.7 Å². The molecule has 0 saturated carbocycles. The van der Waals surface area contributed by atoms with Crippen LogP contribution in [0.2, 0.25) is 5.15 Å². The third kappa shape index (κ3) is 4.15. The van der Waals surface area contributed by atoms with E-state index in [1.54, 1.807) is 24.3 Å². The van der Waals surface area contributed by atoms with Crippen LogP contribution in [0.5, 0.6) is 0 Å². The number of nitrogens with zero attached hydrogens (tertiary/aromatic N) is 4. The van der Waals surface area contributed by atoms with Crippen LogP contribution in [-0.2, 0) is 10.0 Å². The molecular formula is C16H15BrClN5O2S. The van der Waals surface area contributed by atoms with Crippen molar-refractivity contribution in [3.63, 3.8) is 0 Å². The SMILES string of the molecule is N#Cc1cnc(NC2CCN(S(=O)(=O)c3ccc(Br)cc3)CC2)nc1Cl. The molecule has 0 bridgehead atoms. The Hall–Kier alpha value is -1.73. The molecule has 0 spiro atoms. The molecule has 0 unspecified atom stereocenters. The molecule has 1 aromatic carbocycles. The van der Waals surface area contributed by atoms with E-state index in [2.05, 4.69) is 31.2 Å². The topological polar surface area (TPSA) is 99.0 Å². The molecule has 3 rings (SSSR count). The number of anilines is 1. The van der Waals surface area contributed by atoms with Gasteiger partial charge in [0.2, 0.25) is 16.0 Å². The molecule has 0 amide bonds. The summed E-state index contributed by atoms with van der Waals surface area (Å²) in [4.78, 5) is 8.40. The second-order valence-corrected chi connectivity index (χ2v) is 9.00. The monoisotopic (exact) mass is 455 g/mol. The van der Waals surface area contributed by atoms with Crippen molar-refractivity contribution in [1.82, 2.24) is 14.3 Å². The first-order valence-corrected chi connectivity index (χ1v) is 10.5. The first kappa shape index (κ1) is 19.0. The number of hydrogen-bond acceptors (Lipinski definition) is 6. The van der Waals surface area contributed by atoms with E-state index in [1.165, 1.54) is 10.5 Å². The lowest BCUT2D eigenvalue weighted by Crippen LogP contribution is -2.42. The molecule has 26 heavy (non-hydrogen) atoms. The van der Waals surface area contributed by atoms with Crippen molar-refractivity contribution in [2.45, 2.75) is 23.8 Å². The number of halogens is 2. The Morgan fingerprint density at radius 1 is 1.27 bits per heavy atom. The summed E-state index contributed by atoms with van der Waals surface area (Å²) in [5.41, 5.74) is 0.215. The number of hydrogen-bond donors (Lipinski definition) is 1. The van der Waals surface area contributed by atoms with Crippen molar-refractivity contribution in [1.29, 1.82) is 5.26 Å². The molecule has 1 aliphatic heterocycles. The predicted molar refractivity (Wildman–Crippen MR) is 101 cm³/mol. The molecule has 136 valence electrons. The lowest BCUT2D eigenvalue weighted by molar-refractivity contribution is 0.329. The van der Waals surface area contributed by atoms with Gasteiger partial charge in [-0.15, -0.1) is 0 Å². The maximum absolute atomic E-state index is 12.7. The minimum atomic E-state index is -3.49. The molecule has 0 radical (unpaired) electrons. The molecule has 1 aromatic heterocycles. The van der Waals surface area contributed by atoms with Crippen LogP contribution in [0.1, 0.15) is 18.4 Å². The van der Waals surface area contributed by atoms with E-state index in [0.717, 1.165) is 4.47 Å². The molecule has 1 aliphatic rings.